The van der Waals surface area contributed by atoms with Crippen LogP contribution in [0.25, 0.3) is 0 Å². The maximum atomic E-state index is 11.6. The van der Waals surface area contributed by atoms with Crippen molar-refractivity contribution in [1.82, 2.24) is 4.90 Å². The van der Waals surface area contributed by atoms with Crippen molar-refractivity contribution in [1.29, 1.82) is 0 Å². The van der Waals surface area contributed by atoms with E-state index in [0.29, 0.717) is 13.0 Å². The lowest BCUT2D eigenvalue weighted by Gasteiger charge is -2.39. The molecule has 0 radical (unpaired) electrons. The fourth-order valence-electron chi connectivity index (χ4n) is 1.75. The Balaban J connectivity index is 2.66. The fourth-order valence-corrected chi connectivity index (χ4v) is 1.75. The summed E-state index contributed by atoms with van der Waals surface area (Å²) in [6, 6.07) is 0. The number of carboxylic acid groups (broad SMARTS) is 1. The van der Waals surface area contributed by atoms with Crippen molar-refractivity contribution in [2.75, 3.05) is 6.54 Å². The van der Waals surface area contributed by atoms with Crippen molar-refractivity contribution in [2.24, 2.45) is 5.92 Å². The Bertz CT molecular complexity index is 255. The first-order chi connectivity index (χ1) is 6.32. The molecule has 0 saturated carbocycles. The second-order valence-corrected chi connectivity index (χ2v) is 4.74. The van der Waals surface area contributed by atoms with E-state index in [-0.39, 0.29) is 17.9 Å². The molecule has 14 heavy (non-hydrogen) atoms. The topological polar surface area (TPSA) is 57.6 Å². The summed E-state index contributed by atoms with van der Waals surface area (Å²) < 4.78 is 0. The molecule has 1 fully saturated rings. The van der Waals surface area contributed by atoms with Crippen LogP contribution in [0.5, 0.6) is 0 Å². The van der Waals surface area contributed by atoms with Crippen LogP contribution < -0.4 is 0 Å². The molecule has 0 spiro atoms. The van der Waals surface area contributed by atoms with E-state index in [4.69, 9.17) is 5.11 Å². The van der Waals surface area contributed by atoms with Gasteiger partial charge in [-0.3, -0.25) is 9.59 Å². The van der Waals surface area contributed by atoms with Crippen LogP contribution in [-0.2, 0) is 9.59 Å². The molecule has 0 bridgehead atoms. The third-order valence-corrected chi connectivity index (χ3v) is 2.58. The van der Waals surface area contributed by atoms with Crippen molar-refractivity contribution in [2.45, 2.75) is 39.2 Å². The summed E-state index contributed by atoms with van der Waals surface area (Å²) in [5.41, 5.74) is -0.194. The van der Waals surface area contributed by atoms with Crippen LogP contribution in [0, 0.1) is 5.92 Å². The van der Waals surface area contributed by atoms with Crippen LogP contribution in [-0.4, -0.2) is 34.0 Å². The lowest BCUT2D eigenvalue weighted by atomic mass is 9.92. The quantitative estimate of drug-likeness (QED) is 0.688. The average Bonchev–Trinajstić information content (AvgIpc) is 2.01. The Morgan fingerprint density at radius 1 is 1.50 bits per heavy atom. The molecule has 1 N–H and O–H groups in total. The molecular formula is C10H17NO3. The van der Waals surface area contributed by atoms with Gasteiger partial charge in [-0.25, -0.2) is 0 Å². The summed E-state index contributed by atoms with van der Waals surface area (Å²) in [4.78, 5) is 24.1. The minimum atomic E-state index is -0.855. The molecule has 1 unspecified atom stereocenters. The van der Waals surface area contributed by atoms with Crippen molar-refractivity contribution < 1.29 is 14.7 Å². The Hall–Kier alpha value is -1.06. The van der Waals surface area contributed by atoms with E-state index in [1.165, 1.54) is 0 Å². The Labute approximate surface area is 83.9 Å². The zero-order chi connectivity index (χ0) is 10.9. The number of rotatable bonds is 1. The van der Waals surface area contributed by atoms with Crippen molar-refractivity contribution >= 4 is 11.9 Å². The molecule has 4 nitrogen and oxygen atoms in total. The molecule has 1 rings (SSSR count). The van der Waals surface area contributed by atoms with Crippen LogP contribution in [0.4, 0.5) is 0 Å². The summed E-state index contributed by atoms with van der Waals surface area (Å²) in [5, 5.41) is 8.77. The van der Waals surface area contributed by atoms with Gasteiger partial charge in [0.15, 0.2) is 0 Å². The van der Waals surface area contributed by atoms with Crippen molar-refractivity contribution in [3.05, 3.63) is 0 Å². The highest BCUT2D eigenvalue weighted by atomic mass is 16.4. The summed E-state index contributed by atoms with van der Waals surface area (Å²) in [6.07, 6.45) is 0.713. The molecule has 0 aromatic heterocycles. The van der Waals surface area contributed by atoms with E-state index >= 15 is 0 Å². The van der Waals surface area contributed by atoms with E-state index in [2.05, 4.69) is 0 Å². The third-order valence-electron chi connectivity index (χ3n) is 2.58. The van der Waals surface area contributed by atoms with Crippen molar-refractivity contribution in [3.8, 4) is 0 Å². The molecule has 1 atom stereocenters. The minimum absolute atomic E-state index is 0.0452. The van der Waals surface area contributed by atoms with Gasteiger partial charge >= 0.3 is 5.97 Å². The number of carbonyl (C=O) groups is 2. The number of piperidine rings is 1. The van der Waals surface area contributed by atoms with Gasteiger partial charge in [0, 0.05) is 18.5 Å². The average molecular weight is 199 g/mol. The molecule has 0 aliphatic carbocycles. The molecule has 1 aliphatic heterocycles. The molecule has 4 heteroatoms. The van der Waals surface area contributed by atoms with Gasteiger partial charge in [0.05, 0.1) is 5.92 Å². The largest absolute Gasteiger partial charge is 0.481 e. The number of hydrogen-bond donors (Lipinski definition) is 1. The molecule has 0 aromatic carbocycles. The maximum Gasteiger partial charge on any atom is 0.307 e. The Morgan fingerprint density at radius 2 is 2.07 bits per heavy atom. The second-order valence-electron chi connectivity index (χ2n) is 4.74. The van der Waals surface area contributed by atoms with Gasteiger partial charge in [-0.15, -0.1) is 0 Å². The number of hydrogen-bond acceptors (Lipinski definition) is 2. The summed E-state index contributed by atoms with van der Waals surface area (Å²) in [6.45, 7) is 6.45. The van der Waals surface area contributed by atoms with E-state index in [1.54, 1.807) is 4.90 Å². The number of aliphatic carboxylic acids is 1. The van der Waals surface area contributed by atoms with Gasteiger partial charge < -0.3 is 10.0 Å². The minimum Gasteiger partial charge on any atom is -0.481 e. The zero-order valence-electron chi connectivity index (χ0n) is 8.91. The molecular weight excluding hydrogens is 182 g/mol. The number of amides is 1. The number of likely N-dealkylation sites (tertiary alicyclic amines) is 1. The van der Waals surface area contributed by atoms with Crippen LogP contribution in [0.2, 0.25) is 0 Å². The number of nitrogens with zero attached hydrogens (tertiary/aromatic N) is 1. The first-order valence-corrected chi connectivity index (χ1v) is 4.85. The summed E-state index contributed by atoms with van der Waals surface area (Å²) >= 11 is 0. The third kappa shape index (κ3) is 2.25. The van der Waals surface area contributed by atoms with Gasteiger partial charge in [-0.05, 0) is 27.2 Å². The van der Waals surface area contributed by atoms with Crippen LogP contribution in [0.1, 0.15) is 33.6 Å². The van der Waals surface area contributed by atoms with Crippen LogP contribution >= 0.6 is 0 Å². The summed E-state index contributed by atoms with van der Waals surface area (Å²) in [5.74, 6) is -1.39. The van der Waals surface area contributed by atoms with Gasteiger partial charge in [-0.2, -0.15) is 0 Å². The molecule has 0 aromatic rings. The first kappa shape index (κ1) is 11.0. The van der Waals surface area contributed by atoms with Crippen LogP contribution in [0.15, 0.2) is 0 Å². The summed E-state index contributed by atoms with van der Waals surface area (Å²) in [7, 11) is 0. The molecule has 1 heterocycles. The van der Waals surface area contributed by atoms with E-state index in [0.717, 1.165) is 0 Å². The highest BCUT2D eigenvalue weighted by molar-refractivity contribution is 5.84. The van der Waals surface area contributed by atoms with Gasteiger partial charge in [-0.1, -0.05) is 0 Å². The second kappa shape index (κ2) is 3.59. The Morgan fingerprint density at radius 3 is 2.43 bits per heavy atom. The first-order valence-electron chi connectivity index (χ1n) is 4.85. The predicted molar refractivity (Wildman–Crippen MR) is 51.8 cm³/mol. The highest BCUT2D eigenvalue weighted by Crippen LogP contribution is 2.24. The van der Waals surface area contributed by atoms with E-state index in [1.807, 2.05) is 20.8 Å². The normalized spacial score (nSPS) is 23.8. The molecule has 1 amide bonds. The van der Waals surface area contributed by atoms with Crippen molar-refractivity contribution in [3.63, 3.8) is 0 Å². The van der Waals surface area contributed by atoms with Crippen LogP contribution in [0.3, 0.4) is 0 Å². The van der Waals surface area contributed by atoms with E-state index < -0.39 is 11.9 Å². The fraction of sp³-hybridized carbons (Fsp3) is 0.800. The molecule has 80 valence electrons. The predicted octanol–water partition coefficient (Wildman–Crippen LogP) is 1.11. The highest BCUT2D eigenvalue weighted by Gasteiger charge is 2.35. The monoisotopic (exact) mass is 199 g/mol. The van der Waals surface area contributed by atoms with Gasteiger partial charge in [0.1, 0.15) is 0 Å². The maximum absolute atomic E-state index is 11.6. The molecule has 1 saturated heterocycles. The smallest absolute Gasteiger partial charge is 0.307 e. The lowest BCUT2D eigenvalue weighted by Crippen LogP contribution is -2.50. The van der Waals surface area contributed by atoms with Gasteiger partial charge in [0.25, 0.3) is 0 Å². The standard InChI is InChI=1S/C10H17NO3/c1-10(2,3)11-5-4-7(9(13)14)6-8(11)12/h7H,4-6H2,1-3H3,(H,13,14). The number of carbonyl (C=O) groups excluding carboxylic acids is 1. The Kier molecular flexibility index (Phi) is 2.83. The van der Waals surface area contributed by atoms with E-state index in [9.17, 15) is 9.59 Å². The zero-order valence-corrected chi connectivity index (χ0v) is 8.91. The van der Waals surface area contributed by atoms with Gasteiger partial charge in [0.2, 0.25) is 5.91 Å². The SMILES string of the molecule is CC(C)(C)N1CCC(C(=O)O)CC1=O. The molecule has 1 aliphatic rings. The lowest BCUT2D eigenvalue weighted by molar-refractivity contribution is -0.152. The number of carboxylic acids is 1.